The van der Waals surface area contributed by atoms with Gasteiger partial charge in [-0.25, -0.2) is 4.79 Å². The Morgan fingerprint density at radius 3 is 2.65 bits per heavy atom. The van der Waals surface area contributed by atoms with E-state index in [9.17, 15) is 9.59 Å². The van der Waals surface area contributed by atoms with Crippen LogP contribution in [0.5, 0.6) is 0 Å². The predicted octanol–water partition coefficient (Wildman–Crippen LogP) is 3.87. The summed E-state index contributed by atoms with van der Waals surface area (Å²) in [5, 5.41) is 20.1. The van der Waals surface area contributed by atoms with Crippen LogP contribution in [0.1, 0.15) is 31.3 Å². The summed E-state index contributed by atoms with van der Waals surface area (Å²) >= 11 is 1.43. The molecule has 0 radical (unpaired) electrons. The number of hydrogen-bond acceptors (Lipinski definition) is 9. The Labute approximate surface area is 199 Å². The minimum absolute atomic E-state index is 0.0637. The number of carbonyl (C=O) groups is 2. The summed E-state index contributed by atoms with van der Waals surface area (Å²) in [6.07, 6.45) is 1.61. The first-order valence-electron chi connectivity index (χ1n) is 10.3. The largest absolute Gasteiger partial charge is 0.451 e. The van der Waals surface area contributed by atoms with E-state index in [2.05, 4.69) is 26.0 Å². The van der Waals surface area contributed by atoms with Crippen LogP contribution in [0.2, 0.25) is 0 Å². The molecule has 3 heterocycles. The van der Waals surface area contributed by atoms with Gasteiger partial charge in [0.2, 0.25) is 5.88 Å². The highest BCUT2D eigenvalue weighted by Gasteiger charge is 2.23. The molecule has 0 aliphatic heterocycles. The van der Waals surface area contributed by atoms with Crippen LogP contribution >= 0.6 is 11.3 Å². The maximum atomic E-state index is 13.0. The number of ether oxygens (including phenoxy) is 1. The maximum Gasteiger partial charge on any atom is 0.357 e. The van der Waals surface area contributed by atoms with Gasteiger partial charge in [-0.15, -0.1) is 16.4 Å². The molecule has 0 aliphatic rings. The smallest absolute Gasteiger partial charge is 0.357 e. The van der Waals surface area contributed by atoms with Crippen molar-refractivity contribution in [2.24, 2.45) is 0 Å². The number of aromatic nitrogens is 5. The molecule has 0 fully saturated rings. The van der Waals surface area contributed by atoms with Gasteiger partial charge >= 0.3 is 5.97 Å². The third-order valence-electron chi connectivity index (χ3n) is 4.64. The van der Waals surface area contributed by atoms with Gasteiger partial charge in [0.1, 0.15) is 0 Å². The molecule has 174 valence electrons. The Balaban J connectivity index is 1.51. The number of amides is 1. The van der Waals surface area contributed by atoms with Gasteiger partial charge in [0.15, 0.2) is 18.1 Å². The number of benzene rings is 1. The number of rotatable bonds is 7. The Kier molecular flexibility index (Phi) is 6.64. The van der Waals surface area contributed by atoms with Crippen molar-refractivity contribution in [2.75, 3.05) is 11.9 Å². The second-order valence-electron chi connectivity index (χ2n) is 8.28. The maximum absolute atomic E-state index is 13.0. The van der Waals surface area contributed by atoms with Gasteiger partial charge in [-0.2, -0.15) is 4.68 Å². The predicted molar refractivity (Wildman–Crippen MR) is 127 cm³/mol. The van der Waals surface area contributed by atoms with Crippen molar-refractivity contribution < 1.29 is 18.8 Å². The summed E-state index contributed by atoms with van der Waals surface area (Å²) in [6, 6.07) is 14.5. The van der Waals surface area contributed by atoms with Crippen LogP contribution in [-0.4, -0.2) is 43.8 Å². The molecule has 3 aromatic heterocycles. The Bertz CT molecular complexity index is 1300. The van der Waals surface area contributed by atoms with Crippen LogP contribution in [0.3, 0.4) is 0 Å². The molecule has 0 spiro atoms. The number of esters is 1. The monoisotopic (exact) mass is 478 g/mol. The number of anilines is 1. The zero-order valence-electron chi connectivity index (χ0n) is 18.8. The van der Waals surface area contributed by atoms with E-state index >= 15 is 0 Å². The summed E-state index contributed by atoms with van der Waals surface area (Å²) in [5.41, 5.74) is 1.24. The lowest BCUT2D eigenvalue weighted by Gasteiger charge is -2.12. The molecule has 4 rings (SSSR count). The van der Waals surface area contributed by atoms with Crippen LogP contribution in [0, 0.1) is 0 Å². The average Bonchev–Trinajstić information content (AvgIpc) is 3.58. The zero-order valence-corrected chi connectivity index (χ0v) is 19.6. The summed E-state index contributed by atoms with van der Waals surface area (Å²) < 4.78 is 11.7. The van der Waals surface area contributed by atoms with E-state index < -0.39 is 18.5 Å². The fourth-order valence-electron chi connectivity index (χ4n) is 2.90. The van der Waals surface area contributed by atoms with Crippen LogP contribution in [-0.2, 0) is 19.7 Å². The number of nitrogens with zero attached hydrogens (tertiary/aromatic N) is 5. The van der Waals surface area contributed by atoms with E-state index in [1.165, 1.54) is 16.0 Å². The van der Waals surface area contributed by atoms with E-state index in [1.54, 1.807) is 12.1 Å². The molecule has 0 aliphatic carbocycles. The molecule has 0 atom stereocenters. The number of nitrogens with one attached hydrogen (secondary N) is 1. The summed E-state index contributed by atoms with van der Waals surface area (Å²) in [4.78, 5) is 26.2. The molecular formula is C23H22N6O4S. The lowest BCUT2D eigenvalue weighted by atomic mass is 9.92. The molecular weight excluding hydrogens is 456 g/mol. The second kappa shape index (κ2) is 9.79. The van der Waals surface area contributed by atoms with Crippen molar-refractivity contribution >= 4 is 40.9 Å². The molecule has 0 unspecified atom stereocenters. The summed E-state index contributed by atoms with van der Waals surface area (Å²) in [6.45, 7) is 5.39. The highest BCUT2D eigenvalue weighted by atomic mass is 32.1. The zero-order chi connectivity index (χ0) is 24.1. The third kappa shape index (κ3) is 5.44. The Hall–Kier alpha value is -4.12. The van der Waals surface area contributed by atoms with Crippen molar-refractivity contribution in [3.8, 4) is 11.4 Å². The number of thiophene rings is 1. The lowest BCUT2D eigenvalue weighted by Crippen LogP contribution is -2.23. The fraction of sp³-hybridized carbons (Fsp3) is 0.217. The minimum Gasteiger partial charge on any atom is -0.451 e. The van der Waals surface area contributed by atoms with Crippen LogP contribution in [0.25, 0.3) is 23.2 Å². The van der Waals surface area contributed by atoms with Crippen molar-refractivity contribution in [3.63, 3.8) is 0 Å². The number of hydrogen-bond donors (Lipinski definition) is 1. The second-order valence-corrected chi connectivity index (χ2v) is 9.26. The molecule has 0 saturated carbocycles. The van der Waals surface area contributed by atoms with Crippen molar-refractivity contribution in [2.45, 2.75) is 26.2 Å². The van der Waals surface area contributed by atoms with E-state index in [0.29, 0.717) is 11.5 Å². The topological polar surface area (TPSA) is 125 Å². The molecule has 1 aromatic carbocycles. The third-order valence-corrected chi connectivity index (χ3v) is 5.46. The first-order valence-corrected chi connectivity index (χ1v) is 11.2. The van der Waals surface area contributed by atoms with E-state index in [4.69, 9.17) is 9.26 Å². The fourth-order valence-corrected chi connectivity index (χ4v) is 3.55. The van der Waals surface area contributed by atoms with Crippen LogP contribution in [0.15, 0.2) is 58.4 Å². The quantitative estimate of drug-likeness (QED) is 0.313. The highest BCUT2D eigenvalue weighted by Crippen LogP contribution is 2.24. The number of carbonyl (C=O) groups excluding carboxylic acids is 2. The molecule has 4 aromatic rings. The van der Waals surface area contributed by atoms with E-state index in [1.807, 2.05) is 68.6 Å². The molecule has 1 N–H and O–H groups in total. The normalized spacial score (nSPS) is 11.9. The first kappa shape index (κ1) is 23.1. The molecule has 11 heteroatoms. The molecule has 0 bridgehead atoms. The van der Waals surface area contributed by atoms with Gasteiger partial charge in [0, 0.05) is 21.9 Å². The van der Waals surface area contributed by atoms with Crippen molar-refractivity contribution in [1.82, 2.24) is 25.4 Å². The highest BCUT2D eigenvalue weighted by molar-refractivity contribution is 7.10. The van der Waals surface area contributed by atoms with Gasteiger partial charge in [-0.1, -0.05) is 62.3 Å². The molecule has 34 heavy (non-hydrogen) atoms. The van der Waals surface area contributed by atoms with Crippen LogP contribution in [0.4, 0.5) is 5.88 Å². The lowest BCUT2D eigenvalue weighted by molar-refractivity contribution is -0.141. The van der Waals surface area contributed by atoms with Gasteiger partial charge in [-0.05, 0) is 27.9 Å². The van der Waals surface area contributed by atoms with Crippen molar-refractivity contribution in [1.29, 1.82) is 0 Å². The first-order chi connectivity index (χ1) is 16.3. The van der Waals surface area contributed by atoms with Crippen molar-refractivity contribution in [3.05, 3.63) is 64.5 Å². The van der Waals surface area contributed by atoms with Gasteiger partial charge in [0.25, 0.3) is 5.91 Å². The molecule has 10 nitrogen and oxygen atoms in total. The van der Waals surface area contributed by atoms with Gasteiger partial charge in [0.05, 0.1) is 5.69 Å². The number of tetrazole rings is 1. The SMILES string of the molecule is CC(C)(C)c1cc(NC(=O)COC(=O)/C(=C/c2cccs2)n2nnnc2-c2ccccc2)on1. The van der Waals surface area contributed by atoms with Crippen LogP contribution < -0.4 is 5.32 Å². The standard InChI is InChI=1S/C23H22N6O4S/c1-23(2,3)18-13-20(33-26-18)24-19(30)14-32-22(31)17(12-16-10-7-11-34-16)29-21(25-27-28-29)15-8-5-4-6-9-15/h4-13H,14H2,1-3H3,(H,24,30)/b17-12-. The van der Waals surface area contributed by atoms with E-state index in [-0.39, 0.29) is 17.0 Å². The van der Waals surface area contributed by atoms with Gasteiger partial charge in [-0.3, -0.25) is 10.1 Å². The molecule has 0 saturated heterocycles. The summed E-state index contributed by atoms with van der Waals surface area (Å²) in [7, 11) is 0. The molecule has 1 amide bonds. The average molecular weight is 479 g/mol. The minimum atomic E-state index is -0.763. The Morgan fingerprint density at radius 2 is 1.97 bits per heavy atom. The van der Waals surface area contributed by atoms with E-state index in [0.717, 1.165) is 10.4 Å². The van der Waals surface area contributed by atoms with Gasteiger partial charge < -0.3 is 9.26 Å². The summed E-state index contributed by atoms with van der Waals surface area (Å²) in [5.74, 6) is -0.797. The Morgan fingerprint density at radius 1 is 1.18 bits per heavy atom.